The maximum atomic E-state index is 6.22. The molecule has 1 spiro atoms. The lowest BCUT2D eigenvalue weighted by atomic mass is 9.79. The molecule has 2 aliphatic heterocycles. The second kappa shape index (κ2) is 5.48. The highest BCUT2D eigenvalue weighted by molar-refractivity contribution is 7.99. The first kappa shape index (κ1) is 13.9. The summed E-state index contributed by atoms with van der Waals surface area (Å²) in [6, 6.07) is 0.773. The van der Waals surface area contributed by atoms with Gasteiger partial charge in [-0.05, 0) is 68.6 Å². The number of fused-ring (bicyclic) bond motifs is 1. The zero-order valence-corrected chi connectivity index (χ0v) is 13.6. The fraction of sp³-hybridized carbons (Fsp3) is 1.00. The zero-order chi connectivity index (χ0) is 13.6. The van der Waals surface area contributed by atoms with E-state index in [1.807, 2.05) is 0 Å². The molecule has 0 aromatic heterocycles. The summed E-state index contributed by atoms with van der Waals surface area (Å²) in [6.07, 6.45) is 9.90. The van der Waals surface area contributed by atoms with Crippen molar-refractivity contribution in [2.45, 2.75) is 56.6 Å². The summed E-state index contributed by atoms with van der Waals surface area (Å²) in [4.78, 5) is 0. The molecule has 0 aromatic carbocycles. The molecule has 0 aromatic rings. The van der Waals surface area contributed by atoms with E-state index in [4.69, 9.17) is 4.74 Å². The molecule has 2 nitrogen and oxygen atoms in total. The summed E-state index contributed by atoms with van der Waals surface area (Å²) in [5, 5.41) is 3.73. The smallest absolute Gasteiger partial charge is 0.0783 e. The van der Waals surface area contributed by atoms with E-state index in [2.05, 4.69) is 24.1 Å². The van der Waals surface area contributed by atoms with Crippen LogP contribution in [-0.4, -0.2) is 36.8 Å². The van der Waals surface area contributed by atoms with E-state index in [1.165, 1.54) is 56.5 Å². The van der Waals surface area contributed by atoms with Gasteiger partial charge in [0, 0.05) is 18.4 Å². The summed E-state index contributed by atoms with van der Waals surface area (Å²) in [5.74, 6) is 6.55. The molecular formula is C17H29NOS. The van der Waals surface area contributed by atoms with E-state index in [1.54, 1.807) is 0 Å². The molecule has 0 amide bonds. The van der Waals surface area contributed by atoms with Crippen LogP contribution in [-0.2, 0) is 4.74 Å². The Morgan fingerprint density at radius 1 is 1.20 bits per heavy atom. The molecule has 4 rings (SSSR count). The van der Waals surface area contributed by atoms with Crippen molar-refractivity contribution >= 4 is 11.8 Å². The van der Waals surface area contributed by atoms with Crippen LogP contribution in [0.5, 0.6) is 0 Å². The molecule has 0 radical (unpaired) electrons. The summed E-state index contributed by atoms with van der Waals surface area (Å²) in [5.41, 5.74) is 0.253. The van der Waals surface area contributed by atoms with Crippen LogP contribution in [0, 0.1) is 23.7 Å². The van der Waals surface area contributed by atoms with Crippen molar-refractivity contribution in [3.8, 4) is 0 Å². The van der Waals surface area contributed by atoms with E-state index in [0.717, 1.165) is 36.3 Å². The lowest BCUT2D eigenvalue weighted by Gasteiger charge is -2.41. The Morgan fingerprint density at radius 2 is 2.00 bits per heavy atom. The maximum Gasteiger partial charge on any atom is 0.0783 e. The molecule has 1 N–H and O–H groups in total. The largest absolute Gasteiger partial charge is 0.374 e. The van der Waals surface area contributed by atoms with Crippen LogP contribution in [0.3, 0.4) is 0 Å². The highest BCUT2D eigenvalue weighted by atomic mass is 32.2. The average Bonchev–Trinajstić information content (AvgIpc) is 3.03. The summed E-state index contributed by atoms with van der Waals surface area (Å²) in [7, 11) is 2.21. The molecule has 2 heterocycles. The zero-order valence-electron chi connectivity index (χ0n) is 12.8. The van der Waals surface area contributed by atoms with Gasteiger partial charge in [-0.25, -0.2) is 0 Å². The first-order valence-corrected chi connectivity index (χ1v) is 9.87. The lowest BCUT2D eigenvalue weighted by molar-refractivity contribution is -0.0864. The first-order chi connectivity index (χ1) is 9.83. The van der Waals surface area contributed by atoms with E-state index < -0.39 is 0 Å². The minimum absolute atomic E-state index is 0.253. The minimum atomic E-state index is 0.253. The highest BCUT2D eigenvalue weighted by Crippen LogP contribution is 2.59. The third-order valence-corrected chi connectivity index (χ3v) is 7.80. The van der Waals surface area contributed by atoms with E-state index >= 15 is 0 Å². The Kier molecular flexibility index (Phi) is 3.81. The van der Waals surface area contributed by atoms with Gasteiger partial charge in [0.05, 0.1) is 5.60 Å². The van der Waals surface area contributed by atoms with Gasteiger partial charge in [0.15, 0.2) is 0 Å². The quantitative estimate of drug-likeness (QED) is 0.863. The van der Waals surface area contributed by atoms with Crippen LogP contribution in [0.15, 0.2) is 0 Å². The third-order valence-electron chi connectivity index (χ3n) is 6.58. The normalized spacial score (nSPS) is 49.0. The molecule has 20 heavy (non-hydrogen) atoms. The van der Waals surface area contributed by atoms with Gasteiger partial charge in [-0.1, -0.05) is 12.8 Å². The van der Waals surface area contributed by atoms with Crippen molar-refractivity contribution in [2.24, 2.45) is 23.7 Å². The van der Waals surface area contributed by atoms with Crippen molar-refractivity contribution in [3.63, 3.8) is 0 Å². The van der Waals surface area contributed by atoms with Crippen LogP contribution in [0.1, 0.15) is 44.9 Å². The monoisotopic (exact) mass is 295 g/mol. The summed E-state index contributed by atoms with van der Waals surface area (Å²) < 4.78 is 6.22. The Labute approximate surface area is 127 Å². The van der Waals surface area contributed by atoms with E-state index in [-0.39, 0.29) is 5.60 Å². The second-order valence-electron chi connectivity index (χ2n) is 7.59. The van der Waals surface area contributed by atoms with E-state index in [0.29, 0.717) is 0 Å². The van der Waals surface area contributed by atoms with Crippen molar-refractivity contribution < 1.29 is 4.74 Å². The topological polar surface area (TPSA) is 21.3 Å². The third kappa shape index (κ3) is 2.34. The molecule has 5 atom stereocenters. The molecule has 4 aliphatic rings. The van der Waals surface area contributed by atoms with Crippen molar-refractivity contribution in [1.29, 1.82) is 0 Å². The number of hydrogen-bond donors (Lipinski definition) is 1. The molecule has 2 aliphatic carbocycles. The molecule has 2 saturated carbocycles. The minimum Gasteiger partial charge on any atom is -0.374 e. The second-order valence-corrected chi connectivity index (χ2v) is 8.70. The van der Waals surface area contributed by atoms with Gasteiger partial charge >= 0.3 is 0 Å². The van der Waals surface area contributed by atoms with Crippen LogP contribution in [0.4, 0.5) is 0 Å². The van der Waals surface area contributed by atoms with Gasteiger partial charge in [0.1, 0.15) is 0 Å². The Hall–Kier alpha value is 0.270. The van der Waals surface area contributed by atoms with Gasteiger partial charge in [-0.15, -0.1) is 0 Å². The molecule has 0 bridgehead atoms. The molecule has 3 heteroatoms. The lowest BCUT2D eigenvalue weighted by Crippen LogP contribution is -2.47. The fourth-order valence-corrected chi connectivity index (χ4v) is 6.94. The standard InChI is InChI=1S/C17H29NOS/c1-18-16(15-13-4-2-3-5-14(13)15)12-6-8-19-17(10-12)7-9-20-11-17/h12-16,18H,2-11H2,1H3. The number of hydrogen-bond acceptors (Lipinski definition) is 3. The predicted octanol–water partition coefficient (Wildman–Crippen LogP) is 3.31. The van der Waals surface area contributed by atoms with Gasteiger partial charge in [-0.3, -0.25) is 0 Å². The Morgan fingerprint density at radius 3 is 2.65 bits per heavy atom. The Bertz CT molecular complexity index is 343. The number of nitrogens with one attached hydrogen (secondary N) is 1. The first-order valence-electron chi connectivity index (χ1n) is 8.72. The van der Waals surface area contributed by atoms with Crippen molar-refractivity contribution in [2.75, 3.05) is 25.2 Å². The highest BCUT2D eigenvalue weighted by Gasteiger charge is 2.56. The van der Waals surface area contributed by atoms with Crippen LogP contribution in [0.25, 0.3) is 0 Å². The van der Waals surface area contributed by atoms with Crippen molar-refractivity contribution in [3.05, 3.63) is 0 Å². The number of thioether (sulfide) groups is 1. The maximum absolute atomic E-state index is 6.22. The van der Waals surface area contributed by atoms with Crippen molar-refractivity contribution in [1.82, 2.24) is 5.32 Å². The molecule has 5 unspecified atom stereocenters. The molecule has 114 valence electrons. The predicted molar refractivity (Wildman–Crippen MR) is 85.1 cm³/mol. The fourth-order valence-electron chi connectivity index (χ4n) is 5.56. The van der Waals surface area contributed by atoms with Crippen LogP contribution in [0.2, 0.25) is 0 Å². The van der Waals surface area contributed by atoms with Gasteiger partial charge in [0.25, 0.3) is 0 Å². The van der Waals surface area contributed by atoms with E-state index in [9.17, 15) is 0 Å². The van der Waals surface area contributed by atoms with Gasteiger partial charge in [-0.2, -0.15) is 11.8 Å². The number of rotatable bonds is 3. The van der Waals surface area contributed by atoms with Crippen LogP contribution >= 0.6 is 11.8 Å². The van der Waals surface area contributed by atoms with Crippen LogP contribution < -0.4 is 5.32 Å². The van der Waals surface area contributed by atoms with Gasteiger partial charge < -0.3 is 10.1 Å². The molecule has 4 fully saturated rings. The average molecular weight is 295 g/mol. The Balaban J connectivity index is 1.45. The number of ether oxygens (including phenoxy) is 1. The van der Waals surface area contributed by atoms with Gasteiger partial charge in [0.2, 0.25) is 0 Å². The summed E-state index contributed by atoms with van der Waals surface area (Å²) >= 11 is 2.10. The summed E-state index contributed by atoms with van der Waals surface area (Å²) in [6.45, 7) is 1.01. The molecule has 2 saturated heterocycles. The molecular weight excluding hydrogens is 266 g/mol. The SMILES string of the molecule is CNC(C1CCOC2(CCSC2)C1)C1C2CCCCC21.